The van der Waals surface area contributed by atoms with Crippen LogP contribution in [0.1, 0.15) is 26.5 Å². The average molecular weight is 344 g/mol. The van der Waals surface area contributed by atoms with Crippen molar-refractivity contribution in [3.63, 3.8) is 0 Å². The van der Waals surface area contributed by atoms with Crippen LogP contribution >= 0.6 is 0 Å². The van der Waals surface area contributed by atoms with Crippen molar-refractivity contribution in [1.29, 1.82) is 0 Å². The van der Waals surface area contributed by atoms with Gasteiger partial charge in [0, 0.05) is 5.56 Å². The van der Waals surface area contributed by atoms with Crippen LogP contribution in [0.3, 0.4) is 0 Å². The van der Waals surface area contributed by atoms with E-state index in [0.717, 1.165) is 5.52 Å². The average Bonchev–Trinajstić information content (AvgIpc) is 3.37. The second kappa shape index (κ2) is 5.42. The number of para-hydroxylation sites is 2. The molecule has 2 amide bonds. The first-order valence-electron chi connectivity index (χ1n) is 8.09. The summed E-state index contributed by atoms with van der Waals surface area (Å²) in [6, 6.07) is 15.9. The number of rotatable bonds is 3. The number of carbonyl (C=O) groups excluding carboxylic acids is 2. The summed E-state index contributed by atoms with van der Waals surface area (Å²) in [4.78, 5) is 30.9. The van der Waals surface area contributed by atoms with Gasteiger partial charge in [0.1, 0.15) is 11.3 Å². The molecule has 0 atom stereocenters. The van der Waals surface area contributed by atoms with Gasteiger partial charge < -0.3 is 8.83 Å². The van der Waals surface area contributed by atoms with Crippen LogP contribution in [0.5, 0.6) is 0 Å². The van der Waals surface area contributed by atoms with E-state index in [1.807, 2.05) is 24.3 Å². The maximum absolute atomic E-state index is 12.7. The molecule has 0 unspecified atom stereocenters. The number of hydrogen-bond donors (Lipinski definition) is 0. The Morgan fingerprint density at radius 2 is 1.77 bits per heavy atom. The minimum absolute atomic E-state index is 0.109. The van der Waals surface area contributed by atoms with Crippen LogP contribution in [0.15, 0.2) is 69.7 Å². The molecule has 0 saturated carbocycles. The highest BCUT2D eigenvalue weighted by Crippen LogP contribution is 2.30. The number of nitrogens with zero attached hydrogens (tertiary/aromatic N) is 2. The zero-order chi connectivity index (χ0) is 17.7. The predicted octanol–water partition coefficient (Wildman–Crippen LogP) is 3.88. The summed E-state index contributed by atoms with van der Waals surface area (Å²) in [6.45, 7) is 0.109. The maximum atomic E-state index is 12.7. The molecule has 1 aliphatic heterocycles. The first-order chi connectivity index (χ1) is 12.7. The van der Waals surface area contributed by atoms with Gasteiger partial charge in [-0.2, -0.15) is 0 Å². The summed E-state index contributed by atoms with van der Waals surface area (Å²) in [6.07, 6.45) is 1.51. The fourth-order valence-corrected chi connectivity index (χ4v) is 3.12. The van der Waals surface area contributed by atoms with Crippen molar-refractivity contribution in [2.24, 2.45) is 0 Å². The first kappa shape index (κ1) is 14.7. The molecule has 6 nitrogen and oxygen atoms in total. The molecule has 2 aromatic carbocycles. The van der Waals surface area contributed by atoms with E-state index >= 15 is 0 Å². The Bertz CT molecular complexity index is 1120. The predicted molar refractivity (Wildman–Crippen MR) is 92.4 cm³/mol. The van der Waals surface area contributed by atoms with E-state index in [9.17, 15) is 9.59 Å². The van der Waals surface area contributed by atoms with E-state index in [1.165, 1.54) is 11.2 Å². The van der Waals surface area contributed by atoms with Crippen LogP contribution in [-0.4, -0.2) is 21.7 Å². The number of benzene rings is 2. The van der Waals surface area contributed by atoms with Crippen LogP contribution < -0.4 is 0 Å². The summed E-state index contributed by atoms with van der Waals surface area (Å²) >= 11 is 0. The van der Waals surface area contributed by atoms with Gasteiger partial charge in [-0.25, -0.2) is 4.98 Å². The molecule has 0 bridgehead atoms. The fraction of sp³-hybridized carbons (Fsp3) is 0.0500. The molecule has 0 spiro atoms. The Balaban J connectivity index is 1.53. The summed E-state index contributed by atoms with van der Waals surface area (Å²) in [7, 11) is 0. The van der Waals surface area contributed by atoms with Gasteiger partial charge in [-0.1, -0.05) is 12.1 Å². The number of carbonyl (C=O) groups is 2. The van der Waals surface area contributed by atoms with E-state index in [0.29, 0.717) is 33.9 Å². The number of furan rings is 1. The summed E-state index contributed by atoms with van der Waals surface area (Å²) in [5, 5.41) is 0. The lowest BCUT2D eigenvalue weighted by molar-refractivity contribution is 0.0631. The number of aromatic nitrogens is 1. The topological polar surface area (TPSA) is 76.6 Å². The highest BCUT2D eigenvalue weighted by Gasteiger charge is 2.36. The molecule has 3 heterocycles. The number of fused-ring (bicyclic) bond motifs is 2. The van der Waals surface area contributed by atoms with Gasteiger partial charge in [0.2, 0.25) is 5.89 Å². The second-order valence-electron chi connectivity index (χ2n) is 6.02. The molecule has 0 fully saturated rings. The summed E-state index contributed by atoms with van der Waals surface area (Å²) in [5.74, 6) is 0.294. The zero-order valence-electron chi connectivity index (χ0n) is 13.5. The van der Waals surface area contributed by atoms with Gasteiger partial charge in [-0.15, -0.1) is 0 Å². The maximum Gasteiger partial charge on any atom is 0.261 e. The lowest BCUT2D eigenvalue weighted by Gasteiger charge is -2.11. The molecule has 6 heteroatoms. The third kappa shape index (κ3) is 2.16. The van der Waals surface area contributed by atoms with E-state index < -0.39 is 0 Å². The third-order valence-corrected chi connectivity index (χ3v) is 4.41. The molecule has 5 rings (SSSR count). The van der Waals surface area contributed by atoms with Gasteiger partial charge in [-0.05, 0) is 42.5 Å². The van der Waals surface area contributed by atoms with Crippen LogP contribution in [0.25, 0.3) is 22.6 Å². The molecule has 26 heavy (non-hydrogen) atoms. The first-order valence-corrected chi connectivity index (χ1v) is 8.09. The van der Waals surface area contributed by atoms with Gasteiger partial charge in [0.25, 0.3) is 11.8 Å². The SMILES string of the molecule is O=C1c2ccc(-c3nc4ccccc4o3)cc2C(=O)N1Cc1ccco1. The van der Waals surface area contributed by atoms with Gasteiger partial charge in [-0.3, -0.25) is 14.5 Å². The molecular formula is C20H12N2O4. The van der Waals surface area contributed by atoms with Crippen molar-refractivity contribution in [2.75, 3.05) is 0 Å². The number of hydrogen-bond acceptors (Lipinski definition) is 5. The Labute approximate surface area is 147 Å². The van der Waals surface area contributed by atoms with Crippen LogP contribution in [-0.2, 0) is 6.54 Å². The monoisotopic (exact) mass is 344 g/mol. The molecule has 126 valence electrons. The lowest BCUT2D eigenvalue weighted by Crippen LogP contribution is -2.28. The van der Waals surface area contributed by atoms with Crippen molar-refractivity contribution in [2.45, 2.75) is 6.54 Å². The van der Waals surface area contributed by atoms with Crippen molar-refractivity contribution in [3.05, 3.63) is 77.7 Å². The molecule has 0 N–H and O–H groups in total. The number of amides is 2. The Kier molecular flexibility index (Phi) is 3.05. The van der Waals surface area contributed by atoms with Crippen molar-refractivity contribution in [3.8, 4) is 11.5 Å². The third-order valence-electron chi connectivity index (χ3n) is 4.41. The second-order valence-corrected chi connectivity index (χ2v) is 6.02. The fourth-order valence-electron chi connectivity index (χ4n) is 3.12. The van der Waals surface area contributed by atoms with Crippen LogP contribution in [0.4, 0.5) is 0 Å². The van der Waals surface area contributed by atoms with Gasteiger partial charge in [0.15, 0.2) is 5.58 Å². The minimum atomic E-state index is -0.348. The van der Waals surface area contributed by atoms with Crippen molar-refractivity contribution in [1.82, 2.24) is 9.88 Å². The van der Waals surface area contributed by atoms with E-state index in [4.69, 9.17) is 8.83 Å². The van der Waals surface area contributed by atoms with Crippen LogP contribution in [0, 0.1) is 0 Å². The van der Waals surface area contributed by atoms with Crippen LogP contribution in [0.2, 0.25) is 0 Å². The Hall–Kier alpha value is -3.67. The highest BCUT2D eigenvalue weighted by atomic mass is 16.3. The van der Waals surface area contributed by atoms with E-state index in [2.05, 4.69) is 4.98 Å². The Morgan fingerprint density at radius 1 is 0.923 bits per heavy atom. The normalized spacial score (nSPS) is 13.6. The summed E-state index contributed by atoms with van der Waals surface area (Å²) in [5.41, 5.74) is 2.79. The standard InChI is InChI=1S/C20H12N2O4/c23-19-14-8-7-12(18-21-16-5-1-2-6-17(16)26-18)10-15(14)20(24)22(19)11-13-4-3-9-25-13/h1-10H,11H2. The molecule has 1 aliphatic rings. The van der Waals surface area contributed by atoms with Crippen molar-refractivity contribution >= 4 is 22.9 Å². The molecular weight excluding hydrogens is 332 g/mol. The van der Waals surface area contributed by atoms with E-state index in [1.54, 1.807) is 30.3 Å². The van der Waals surface area contributed by atoms with Gasteiger partial charge in [0.05, 0.1) is 23.9 Å². The Morgan fingerprint density at radius 3 is 2.58 bits per heavy atom. The molecule has 0 radical (unpaired) electrons. The minimum Gasteiger partial charge on any atom is -0.467 e. The molecule has 2 aromatic heterocycles. The number of oxazole rings is 1. The zero-order valence-corrected chi connectivity index (χ0v) is 13.5. The lowest BCUT2D eigenvalue weighted by atomic mass is 10.1. The molecule has 4 aromatic rings. The van der Waals surface area contributed by atoms with Gasteiger partial charge >= 0.3 is 0 Å². The summed E-state index contributed by atoms with van der Waals surface area (Å²) < 4.78 is 11.0. The van der Waals surface area contributed by atoms with E-state index in [-0.39, 0.29) is 18.4 Å². The van der Waals surface area contributed by atoms with Crippen molar-refractivity contribution < 1.29 is 18.4 Å². The number of imide groups is 1. The highest BCUT2D eigenvalue weighted by molar-refractivity contribution is 6.21. The smallest absolute Gasteiger partial charge is 0.261 e. The molecule has 0 aliphatic carbocycles. The quantitative estimate of drug-likeness (QED) is 0.527. The molecule has 0 saturated heterocycles. The largest absolute Gasteiger partial charge is 0.467 e.